The van der Waals surface area contributed by atoms with Crippen LogP contribution in [0.15, 0.2) is 33.9 Å². The van der Waals surface area contributed by atoms with Crippen LogP contribution in [0, 0.1) is 0 Å². The molecular formula is C15H15BrN2O2S. The molecule has 110 valence electrons. The zero-order valence-corrected chi connectivity index (χ0v) is 13.9. The average Bonchev–Trinajstić information content (AvgIpc) is 2.46. The van der Waals surface area contributed by atoms with Crippen LogP contribution in [0.25, 0.3) is 0 Å². The second-order valence-corrected chi connectivity index (χ2v) is 6.36. The predicted octanol–water partition coefficient (Wildman–Crippen LogP) is 2.98. The molecule has 21 heavy (non-hydrogen) atoms. The van der Waals surface area contributed by atoms with Gasteiger partial charge in [-0.2, -0.15) is 0 Å². The molecule has 0 aromatic heterocycles. The van der Waals surface area contributed by atoms with Crippen LogP contribution < -0.4 is 15.4 Å². The van der Waals surface area contributed by atoms with Crippen LogP contribution in [-0.2, 0) is 4.79 Å². The molecule has 1 aromatic carbocycles. The Kier molecular flexibility index (Phi) is 3.99. The quantitative estimate of drug-likeness (QED) is 0.788. The summed E-state index contributed by atoms with van der Waals surface area (Å²) in [6.45, 7) is 0. The molecule has 1 aliphatic heterocycles. The van der Waals surface area contributed by atoms with Gasteiger partial charge in [0, 0.05) is 17.7 Å². The molecule has 1 unspecified atom stereocenters. The first-order valence-corrected chi connectivity index (χ1v) is 7.97. The van der Waals surface area contributed by atoms with Crippen molar-refractivity contribution in [1.82, 2.24) is 10.6 Å². The van der Waals surface area contributed by atoms with Crippen molar-refractivity contribution in [3.63, 3.8) is 0 Å². The van der Waals surface area contributed by atoms with Gasteiger partial charge >= 0.3 is 0 Å². The highest BCUT2D eigenvalue weighted by molar-refractivity contribution is 9.10. The van der Waals surface area contributed by atoms with Gasteiger partial charge < -0.3 is 15.4 Å². The summed E-state index contributed by atoms with van der Waals surface area (Å²) in [5.74, 6) is 0.954. The first kappa shape index (κ1) is 14.5. The number of nitrogens with one attached hydrogen (secondary N) is 2. The van der Waals surface area contributed by atoms with Crippen molar-refractivity contribution in [3.8, 4) is 5.75 Å². The molecule has 2 N–H and O–H groups in total. The van der Waals surface area contributed by atoms with Gasteiger partial charge in [-0.3, -0.25) is 4.79 Å². The van der Waals surface area contributed by atoms with Crippen LogP contribution in [0.4, 0.5) is 0 Å². The van der Waals surface area contributed by atoms with Crippen LogP contribution in [0.1, 0.15) is 30.9 Å². The third kappa shape index (κ3) is 2.70. The van der Waals surface area contributed by atoms with Gasteiger partial charge in [-0.15, -0.1) is 0 Å². The molecule has 6 heteroatoms. The lowest BCUT2D eigenvalue weighted by Crippen LogP contribution is -2.46. The minimum absolute atomic E-state index is 0.190. The summed E-state index contributed by atoms with van der Waals surface area (Å²) >= 11 is 8.76. The van der Waals surface area contributed by atoms with Crippen molar-refractivity contribution >= 4 is 39.0 Å². The monoisotopic (exact) mass is 366 g/mol. The maximum Gasteiger partial charge on any atom is 0.171 e. The summed E-state index contributed by atoms with van der Waals surface area (Å²) in [6, 6.07) is 5.63. The summed E-state index contributed by atoms with van der Waals surface area (Å²) in [5, 5.41) is 6.91. The third-order valence-corrected chi connectivity index (χ3v) is 4.63. The number of hydrogen-bond acceptors (Lipinski definition) is 3. The van der Waals surface area contributed by atoms with E-state index >= 15 is 0 Å². The number of rotatable bonds is 2. The SMILES string of the molecule is COc1ccc(C2NC(=S)NC3=C2C(=O)CCC3)cc1Br. The molecule has 0 radical (unpaired) electrons. The molecule has 0 saturated carbocycles. The number of ether oxygens (including phenoxy) is 1. The molecule has 1 atom stereocenters. The molecule has 0 spiro atoms. The van der Waals surface area contributed by atoms with Crippen molar-refractivity contribution in [1.29, 1.82) is 0 Å². The lowest BCUT2D eigenvalue weighted by molar-refractivity contribution is -0.116. The Morgan fingerprint density at radius 3 is 2.90 bits per heavy atom. The Labute approximate surface area is 137 Å². The minimum atomic E-state index is -0.191. The molecule has 1 aliphatic carbocycles. The second-order valence-electron chi connectivity index (χ2n) is 5.09. The summed E-state index contributed by atoms with van der Waals surface area (Å²) < 4.78 is 6.11. The normalized spacial score (nSPS) is 21.5. The predicted molar refractivity (Wildman–Crippen MR) is 88.2 cm³/mol. The van der Waals surface area contributed by atoms with Gasteiger partial charge in [-0.1, -0.05) is 6.07 Å². The van der Waals surface area contributed by atoms with Crippen molar-refractivity contribution in [2.75, 3.05) is 7.11 Å². The lowest BCUT2D eigenvalue weighted by Gasteiger charge is -2.34. The Balaban J connectivity index is 2.05. The number of allylic oxidation sites excluding steroid dienone is 1. The molecule has 0 saturated heterocycles. The molecule has 3 rings (SSSR count). The van der Waals surface area contributed by atoms with Crippen LogP contribution in [0.3, 0.4) is 0 Å². The van der Waals surface area contributed by atoms with E-state index in [0.717, 1.165) is 39.9 Å². The largest absolute Gasteiger partial charge is 0.496 e. The first-order chi connectivity index (χ1) is 10.1. The highest BCUT2D eigenvalue weighted by atomic mass is 79.9. The van der Waals surface area contributed by atoms with Gasteiger partial charge in [-0.25, -0.2) is 0 Å². The number of thiocarbonyl (C=S) groups is 1. The standard InChI is InChI=1S/C15H15BrN2O2S/c1-20-12-6-5-8(7-9(12)16)14-13-10(17-15(21)18-14)3-2-4-11(13)19/h5-7,14H,2-4H2,1H3,(H2,17,18,21). The second kappa shape index (κ2) is 5.77. The fraction of sp³-hybridized carbons (Fsp3) is 0.333. The van der Waals surface area contributed by atoms with Gasteiger partial charge in [-0.05, 0) is 58.7 Å². The van der Waals surface area contributed by atoms with Crippen molar-refractivity contribution in [2.24, 2.45) is 0 Å². The van der Waals surface area contributed by atoms with Gasteiger partial charge in [0.2, 0.25) is 0 Å². The summed E-state index contributed by atoms with van der Waals surface area (Å²) in [7, 11) is 1.63. The van der Waals surface area contributed by atoms with E-state index in [2.05, 4.69) is 26.6 Å². The highest BCUT2D eigenvalue weighted by Crippen LogP contribution is 2.36. The van der Waals surface area contributed by atoms with E-state index in [4.69, 9.17) is 17.0 Å². The Hall–Kier alpha value is -1.40. The zero-order chi connectivity index (χ0) is 15.0. The molecule has 0 fully saturated rings. The molecular weight excluding hydrogens is 352 g/mol. The molecule has 0 bridgehead atoms. The van der Waals surface area contributed by atoms with Crippen LogP contribution >= 0.6 is 28.1 Å². The van der Waals surface area contributed by atoms with Gasteiger partial charge in [0.15, 0.2) is 10.9 Å². The fourth-order valence-electron chi connectivity index (χ4n) is 2.82. The van der Waals surface area contributed by atoms with Gasteiger partial charge in [0.1, 0.15) is 5.75 Å². The minimum Gasteiger partial charge on any atom is -0.496 e. The number of carbonyl (C=O) groups excluding carboxylic acids is 1. The van der Waals surface area contributed by atoms with Gasteiger partial charge in [0.25, 0.3) is 0 Å². The van der Waals surface area contributed by atoms with E-state index in [1.807, 2.05) is 18.2 Å². The zero-order valence-electron chi connectivity index (χ0n) is 11.5. The van der Waals surface area contributed by atoms with Crippen LogP contribution in [0.2, 0.25) is 0 Å². The topological polar surface area (TPSA) is 50.4 Å². The van der Waals surface area contributed by atoms with Crippen molar-refractivity contribution < 1.29 is 9.53 Å². The molecule has 1 aromatic rings. The fourth-order valence-corrected chi connectivity index (χ4v) is 3.62. The van der Waals surface area contributed by atoms with Crippen LogP contribution in [-0.4, -0.2) is 18.0 Å². The number of carbonyl (C=O) groups is 1. The molecule has 1 heterocycles. The van der Waals surface area contributed by atoms with E-state index in [1.165, 1.54) is 0 Å². The Morgan fingerprint density at radius 2 is 2.19 bits per heavy atom. The maximum atomic E-state index is 12.3. The highest BCUT2D eigenvalue weighted by Gasteiger charge is 2.33. The van der Waals surface area contributed by atoms with Gasteiger partial charge in [0.05, 0.1) is 17.6 Å². The van der Waals surface area contributed by atoms with Crippen molar-refractivity contribution in [2.45, 2.75) is 25.3 Å². The number of ketones is 1. The number of methoxy groups -OCH3 is 1. The number of Topliss-reactive ketones (excluding diaryl/α,β-unsaturated/α-hetero) is 1. The van der Waals surface area contributed by atoms with E-state index in [9.17, 15) is 4.79 Å². The Bertz CT molecular complexity index is 657. The van der Waals surface area contributed by atoms with Crippen LogP contribution in [0.5, 0.6) is 5.75 Å². The third-order valence-electron chi connectivity index (χ3n) is 3.79. The van der Waals surface area contributed by atoms with E-state index in [-0.39, 0.29) is 11.8 Å². The number of benzene rings is 1. The number of halogens is 1. The van der Waals surface area contributed by atoms with E-state index < -0.39 is 0 Å². The number of hydrogen-bond donors (Lipinski definition) is 2. The van der Waals surface area contributed by atoms with E-state index in [0.29, 0.717) is 11.5 Å². The Morgan fingerprint density at radius 1 is 1.38 bits per heavy atom. The lowest BCUT2D eigenvalue weighted by atomic mass is 9.85. The summed E-state index contributed by atoms with van der Waals surface area (Å²) in [5.41, 5.74) is 2.77. The summed E-state index contributed by atoms with van der Waals surface area (Å²) in [6.07, 6.45) is 2.35. The maximum absolute atomic E-state index is 12.3. The average molecular weight is 367 g/mol. The smallest absolute Gasteiger partial charge is 0.171 e. The van der Waals surface area contributed by atoms with E-state index in [1.54, 1.807) is 7.11 Å². The molecule has 4 nitrogen and oxygen atoms in total. The molecule has 0 amide bonds. The molecule has 2 aliphatic rings. The first-order valence-electron chi connectivity index (χ1n) is 6.77. The summed E-state index contributed by atoms with van der Waals surface area (Å²) in [4.78, 5) is 12.3. The van der Waals surface area contributed by atoms with Crippen molar-refractivity contribution in [3.05, 3.63) is 39.5 Å².